The third-order valence-corrected chi connectivity index (χ3v) is 1.27. The Hall–Kier alpha value is -1.90. The monoisotopic (exact) mass is 153 g/mol. The van der Waals surface area contributed by atoms with E-state index in [1.807, 2.05) is 0 Å². The predicted octanol–water partition coefficient (Wildman–Crippen LogP) is -0.442. The number of H-pyrrole nitrogens is 1. The molecule has 0 saturated carbocycles. The summed E-state index contributed by atoms with van der Waals surface area (Å²) in [5.41, 5.74) is -1.36. The van der Waals surface area contributed by atoms with E-state index in [9.17, 15) is 9.59 Å². The minimum absolute atomic E-state index is 0.188. The summed E-state index contributed by atoms with van der Waals surface area (Å²) in [5.74, 6) is 0. The van der Waals surface area contributed by atoms with Crippen LogP contribution in [0.2, 0.25) is 0 Å². The van der Waals surface area contributed by atoms with Gasteiger partial charge in [-0.15, -0.1) is 0 Å². The number of aromatic nitrogens is 2. The van der Waals surface area contributed by atoms with Gasteiger partial charge in [0.05, 0.1) is 0 Å². The molecule has 0 atom stereocenters. The highest BCUT2D eigenvalue weighted by Gasteiger charge is 2.13. The van der Waals surface area contributed by atoms with Crippen molar-refractivity contribution < 1.29 is 0 Å². The van der Waals surface area contributed by atoms with Crippen LogP contribution in [0.4, 0.5) is 5.69 Å². The third-order valence-electron chi connectivity index (χ3n) is 1.27. The number of aromatic amines is 1. The van der Waals surface area contributed by atoms with Crippen molar-refractivity contribution in [3.63, 3.8) is 0 Å². The van der Waals surface area contributed by atoms with E-state index in [1.165, 1.54) is 7.05 Å². The highest BCUT2D eigenvalue weighted by atomic mass is 16.2. The van der Waals surface area contributed by atoms with Crippen molar-refractivity contribution in [3.05, 3.63) is 32.0 Å². The molecule has 0 unspecified atom stereocenters. The Kier molecular flexibility index (Phi) is 1.56. The van der Waals surface area contributed by atoms with Crippen LogP contribution in [-0.2, 0) is 7.05 Å². The van der Waals surface area contributed by atoms with Gasteiger partial charge in [-0.05, 0) is 0 Å². The van der Waals surface area contributed by atoms with E-state index >= 15 is 0 Å². The Labute approximate surface area is 60.7 Å². The van der Waals surface area contributed by atoms with Crippen LogP contribution in [0.25, 0.3) is 4.98 Å². The summed E-state index contributed by atoms with van der Waals surface area (Å²) in [5, 5.41) is 8.22. The maximum absolute atomic E-state index is 10.9. The number of hydrogen-bond acceptors (Lipinski definition) is 3. The van der Waals surface area contributed by atoms with Crippen molar-refractivity contribution in [1.82, 2.24) is 9.55 Å². The summed E-state index contributed by atoms with van der Waals surface area (Å²) in [7, 11) is 1.29. The van der Waals surface area contributed by atoms with Crippen LogP contribution in [0, 0.1) is 5.39 Å². The molecule has 0 fully saturated rings. The third kappa shape index (κ3) is 1.03. The first-order valence-electron chi connectivity index (χ1n) is 2.80. The molecule has 1 aromatic rings. The molecule has 11 heavy (non-hydrogen) atoms. The number of nitrogens with zero attached hydrogens (tertiary/aromatic N) is 3. The van der Waals surface area contributed by atoms with Crippen molar-refractivity contribution >= 4 is 5.69 Å². The number of diazo groups is 1. The largest absolute Gasteiger partial charge is 0.465 e. The molecule has 0 bridgehead atoms. The summed E-state index contributed by atoms with van der Waals surface area (Å²) in [6.45, 7) is 0. The minimum Gasteiger partial charge on any atom is -0.306 e. The van der Waals surface area contributed by atoms with Crippen molar-refractivity contribution in [2.45, 2.75) is 0 Å². The van der Waals surface area contributed by atoms with Crippen molar-refractivity contribution in [2.24, 2.45) is 7.05 Å². The molecule has 0 amide bonds. The molecule has 0 spiro atoms. The Morgan fingerprint density at radius 1 is 1.64 bits per heavy atom. The van der Waals surface area contributed by atoms with Crippen LogP contribution in [-0.4, -0.2) is 9.55 Å². The van der Waals surface area contributed by atoms with Crippen LogP contribution in [0.3, 0.4) is 0 Å². The van der Waals surface area contributed by atoms with Gasteiger partial charge in [-0.25, -0.2) is 4.79 Å². The van der Waals surface area contributed by atoms with Gasteiger partial charge < -0.3 is 4.98 Å². The number of hydrogen-bond donors (Lipinski definition) is 1. The number of nitrogens with one attached hydrogen (secondary N) is 1. The molecule has 0 aliphatic carbocycles. The first-order chi connectivity index (χ1) is 5.16. The molecule has 1 aromatic heterocycles. The maximum atomic E-state index is 10.9. The predicted molar refractivity (Wildman–Crippen MR) is 37.0 cm³/mol. The molecule has 0 radical (unpaired) electrons. The van der Waals surface area contributed by atoms with Gasteiger partial charge >= 0.3 is 16.9 Å². The zero-order valence-corrected chi connectivity index (χ0v) is 5.74. The van der Waals surface area contributed by atoms with E-state index in [1.54, 1.807) is 0 Å². The van der Waals surface area contributed by atoms with E-state index < -0.39 is 11.2 Å². The highest BCUT2D eigenvalue weighted by molar-refractivity contribution is 5.37. The Morgan fingerprint density at radius 3 is 2.82 bits per heavy atom. The smallest absolute Gasteiger partial charge is 0.306 e. The van der Waals surface area contributed by atoms with E-state index in [0.29, 0.717) is 0 Å². The molecule has 1 heterocycles. The SMILES string of the molecule is Cn1c(=O)[nH]cc([N+]#N)c1=O. The van der Waals surface area contributed by atoms with E-state index in [-0.39, 0.29) is 5.69 Å². The second-order valence-electron chi connectivity index (χ2n) is 1.94. The summed E-state index contributed by atoms with van der Waals surface area (Å²) in [6.07, 6.45) is 1.05. The first-order valence-corrected chi connectivity index (χ1v) is 2.80. The van der Waals surface area contributed by atoms with E-state index in [2.05, 4.69) is 9.96 Å². The van der Waals surface area contributed by atoms with Gasteiger partial charge in [0.2, 0.25) is 5.39 Å². The fourth-order valence-electron chi connectivity index (χ4n) is 0.624. The van der Waals surface area contributed by atoms with Gasteiger partial charge in [0.1, 0.15) is 6.20 Å². The lowest BCUT2D eigenvalue weighted by Gasteiger charge is -1.87. The lowest BCUT2D eigenvalue weighted by atomic mass is 10.5. The second-order valence-corrected chi connectivity index (χ2v) is 1.94. The van der Waals surface area contributed by atoms with Gasteiger partial charge in [-0.2, -0.15) is 0 Å². The van der Waals surface area contributed by atoms with Gasteiger partial charge in [0.25, 0.3) is 0 Å². The summed E-state index contributed by atoms with van der Waals surface area (Å²) >= 11 is 0. The summed E-state index contributed by atoms with van der Waals surface area (Å²) in [6, 6.07) is 0. The minimum atomic E-state index is -0.628. The highest BCUT2D eigenvalue weighted by Crippen LogP contribution is 1.95. The Bertz CT molecular complexity index is 421. The molecule has 6 nitrogen and oxygen atoms in total. The molecule has 1 N–H and O–H groups in total. The molecule has 1 rings (SSSR count). The van der Waals surface area contributed by atoms with Crippen LogP contribution in [0.15, 0.2) is 15.8 Å². The molecule has 0 saturated heterocycles. The van der Waals surface area contributed by atoms with Crippen molar-refractivity contribution in [2.75, 3.05) is 0 Å². The maximum Gasteiger partial charge on any atom is 0.465 e. The van der Waals surface area contributed by atoms with Crippen LogP contribution in [0.5, 0.6) is 0 Å². The fourth-order valence-corrected chi connectivity index (χ4v) is 0.624. The average molecular weight is 153 g/mol. The molecule has 6 heteroatoms. The molecule has 0 aromatic carbocycles. The van der Waals surface area contributed by atoms with Gasteiger partial charge in [-0.3, -0.25) is 9.36 Å². The van der Waals surface area contributed by atoms with Gasteiger partial charge in [0.15, 0.2) is 4.98 Å². The molecule has 56 valence electrons. The molecule has 0 aliphatic heterocycles. The second kappa shape index (κ2) is 2.38. The zero-order chi connectivity index (χ0) is 8.43. The summed E-state index contributed by atoms with van der Waals surface area (Å²) in [4.78, 5) is 26.5. The van der Waals surface area contributed by atoms with Crippen molar-refractivity contribution in [3.8, 4) is 0 Å². The lowest BCUT2D eigenvalue weighted by Crippen LogP contribution is -2.31. The Balaban J connectivity index is 3.67. The normalized spacial score (nSPS) is 9.09. The average Bonchev–Trinajstić information content (AvgIpc) is 2.01. The van der Waals surface area contributed by atoms with Gasteiger partial charge in [0, 0.05) is 7.05 Å². The van der Waals surface area contributed by atoms with Crippen molar-refractivity contribution in [1.29, 1.82) is 5.39 Å². The lowest BCUT2D eigenvalue weighted by molar-refractivity contribution is 0.780. The quantitative estimate of drug-likeness (QED) is 0.513. The van der Waals surface area contributed by atoms with Gasteiger partial charge in [-0.1, -0.05) is 0 Å². The Morgan fingerprint density at radius 2 is 2.27 bits per heavy atom. The zero-order valence-electron chi connectivity index (χ0n) is 5.74. The van der Waals surface area contributed by atoms with E-state index in [0.717, 1.165) is 10.8 Å². The molecular weight excluding hydrogens is 148 g/mol. The fraction of sp³-hybridized carbons (Fsp3) is 0.200. The summed E-state index contributed by atoms with van der Waals surface area (Å²) < 4.78 is 0.815. The van der Waals surface area contributed by atoms with Crippen LogP contribution >= 0.6 is 0 Å². The number of rotatable bonds is 0. The first kappa shape index (κ1) is 7.21. The molecule has 0 aliphatic rings. The van der Waals surface area contributed by atoms with E-state index in [4.69, 9.17) is 5.39 Å². The topological polar surface area (TPSA) is 83.0 Å². The van der Waals surface area contributed by atoms with Crippen LogP contribution < -0.4 is 11.2 Å². The standard InChI is InChI=1S/C5H4N4O2/c1-9-4(10)3(8-6)2-7-5(9)11/h2H,1H3/p+1. The molecular formula is C5H5N4O2+. The van der Waals surface area contributed by atoms with Crippen LogP contribution in [0.1, 0.15) is 0 Å².